The van der Waals surface area contributed by atoms with Gasteiger partial charge in [0.1, 0.15) is 6.54 Å². The molecule has 2 heterocycles. The zero-order chi connectivity index (χ0) is 22.5. The fourth-order valence-corrected chi connectivity index (χ4v) is 4.55. The summed E-state index contributed by atoms with van der Waals surface area (Å²) < 4.78 is 2.19. The lowest BCUT2D eigenvalue weighted by atomic mass is 10.0. The van der Waals surface area contributed by atoms with Crippen molar-refractivity contribution >= 4 is 18.1 Å². The molecule has 0 bridgehead atoms. The van der Waals surface area contributed by atoms with Gasteiger partial charge in [0, 0.05) is 24.7 Å². The molecule has 1 amide bonds. The van der Waals surface area contributed by atoms with Gasteiger partial charge in [-0.3, -0.25) is 19.4 Å². The summed E-state index contributed by atoms with van der Waals surface area (Å²) in [6.45, 7) is 7.04. The minimum absolute atomic E-state index is 0.0856. The highest BCUT2D eigenvalue weighted by Crippen LogP contribution is 2.21. The molecule has 168 valence electrons. The number of aromatic amines is 1. The van der Waals surface area contributed by atoms with Crippen molar-refractivity contribution in [3.05, 3.63) is 70.0 Å². The molecule has 4 rings (SSSR count). The van der Waals surface area contributed by atoms with Crippen LogP contribution in [-0.4, -0.2) is 38.2 Å². The number of hydrogen-bond donors (Lipinski definition) is 2. The first-order valence-electron chi connectivity index (χ1n) is 11.3. The Hall–Kier alpha value is -2.77. The highest BCUT2D eigenvalue weighted by molar-refractivity contribution is 7.71. The number of nitrogens with one attached hydrogen (secondary N) is 2. The second-order valence-electron chi connectivity index (χ2n) is 8.67. The van der Waals surface area contributed by atoms with Crippen LogP contribution in [0, 0.1) is 11.7 Å². The van der Waals surface area contributed by atoms with Crippen LogP contribution in [0.25, 0.3) is 11.4 Å². The monoisotopic (exact) mass is 449 g/mol. The Kier molecular flexibility index (Phi) is 7.17. The number of hydrogen-bond acceptors (Lipinski definition) is 4. The first-order valence-corrected chi connectivity index (χ1v) is 11.7. The summed E-state index contributed by atoms with van der Waals surface area (Å²) in [4.78, 5) is 15.4. The summed E-state index contributed by atoms with van der Waals surface area (Å²) in [5.74, 6) is 0.589. The van der Waals surface area contributed by atoms with Gasteiger partial charge in [-0.1, -0.05) is 54.4 Å². The SMILES string of the molecule is Cc1cccc(-c2n[nH]c(=S)n2CC(=O)NCc2ccccc2CN2CCCCC2C)c1. The first-order chi connectivity index (χ1) is 15.5. The molecule has 3 aromatic rings. The molecule has 1 atom stereocenters. The van der Waals surface area contributed by atoms with E-state index in [1.807, 2.05) is 37.3 Å². The summed E-state index contributed by atoms with van der Waals surface area (Å²) in [6.07, 6.45) is 3.84. The number of rotatable bonds is 7. The largest absolute Gasteiger partial charge is 0.350 e. The zero-order valence-electron chi connectivity index (χ0n) is 18.8. The summed E-state index contributed by atoms with van der Waals surface area (Å²) in [7, 11) is 0. The fourth-order valence-electron chi connectivity index (χ4n) is 4.36. The van der Waals surface area contributed by atoms with Gasteiger partial charge in [-0.15, -0.1) is 0 Å². The number of H-pyrrole nitrogens is 1. The first kappa shape index (κ1) is 22.4. The number of piperidine rings is 1. The molecule has 0 aliphatic carbocycles. The average Bonchev–Trinajstić information content (AvgIpc) is 3.15. The van der Waals surface area contributed by atoms with E-state index in [1.165, 1.54) is 24.8 Å². The number of likely N-dealkylation sites (tertiary alicyclic amines) is 1. The maximum atomic E-state index is 12.8. The second-order valence-corrected chi connectivity index (χ2v) is 9.06. The quantitative estimate of drug-likeness (QED) is 0.517. The van der Waals surface area contributed by atoms with Gasteiger partial charge in [0.2, 0.25) is 5.91 Å². The summed E-state index contributed by atoms with van der Waals surface area (Å²) in [5, 5.41) is 10.2. The maximum absolute atomic E-state index is 12.8. The van der Waals surface area contributed by atoms with Crippen LogP contribution < -0.4 is 5.32 Å². The Bertz CT molecular complexity index is 1140. The second kappa shape index (κ2) is 10.2. The van der Waals surface area contributed by atoms with E-state index in [0.717, 1.165) is 29.8 Å². The summed E-state index contributed by atoms with van der Waals surface area (Å²) in [6, 6.07) is 17.0. The van der Waals surface area contributed by atoms with Crippen LogP contribution in [0.4, 0.5) is 0 Å². The molecular formula is C25H31N5OS. The Balaban J connectivity index is 1.43. The van der Waals surface area contributed by atoms with Crippen LogP contribution in [0.3, 0.4) is 0 Å². The van der Waals surface area contributed by atoms with E-state index >= 15 is 0 Å². The van der Waals surface area contributed by atoms with Gasteiger partial charge < -0.3 is 5.32 Å². The van der Waals surface area contributed by atoms with E-state index < -0.39 is 0 Å². The molecule has 1 unspecified atom stereocenters. The minimum atomic E-state index is -0.0856. The highest BCUT2D eigenvalue weighted by atomic mass is 32.1. The smallest absolute Gasteiger partial charge is 0.240 e. The normalized spacial score (nSPS) is 16.8. The van der Waals surface area contributed by atoms with Gasteiger partial charge in [-0.2, -0.15) is 5.10 Å². The van der Waals surface area contributed by atoms with Crippen LogP contribution in [0.15, 0.2) is 48.5 Å². The number of carbonyl (C=O) groups is 1. The molecule has 0 spiro atoms. The van der Waals surface area contributed by atoms with Crippen molar-refractivity contribution in [2.24, 2.45) is 0 Å². The van der Waals surface area contributed by atoms with Crippen LogP contribution in [0.2, 0.25) is 0 Å². The Morgan fingerprint density at radius 1 is 1.19 bits per heavy atom. The highest BCUT2D eigenvalue weighted by Gasteiger charge is 2.19. The Morgan fingerprint density at radius 3 is 2.78 bits per heavy atom. The lowest BCUT2D eigenvalue weighted by molar-refractivity contribution is -0.121. The average molecular weight is 450 g/mol. The predicted octanol–water partition coefficient (Wildman–Crippen LogP) is 4.61. The molecule has 2 N–H and O–H groups in total. The van der Waals surface area contributed by atoms with Crippen molar-refractivity contribution < 1.29 is 4.79 Å². The maximum Gasteiger partial charge on any atom is 0.240 e. The standard InChI is InChI=1S/C25H31N5OS/c1-18-8-7-12-20(14-18)24-27-28-25(32)30(24)17-23(31)26-15-21-10-3-4-11-22(21)16-29-13-6-5-9-19(29)2/h3-4,7-8,10-12,14,19H,5-6,9,13,15-17H2,1-2H3,(H,26,31)(H,28,32). The van der Waals surface area contributed by atoms with Crippen molar-refractivity contribution in [2.45, 2.75) is 58.8 Å². The van der Waals surface area contributed by atoms with Gasteiger partial charge in [-0.05, 0) is 62.6 Å². The van der Waals surface area contributed by atoms with Crippen molar-refractivity contribution in [2.75, 3.05) is 6.54 Å². The van der Waals surface area contributed by atoms with E-state index in [4.69, 9.17) is 12.2 Å². The van der Waals surface area contributed by atoms with Gasteiger partial charge >= 0.3 is 0 Å². The number of carbonyl (C=O) groups excluding carboxylic acids is 1. The van der Waals surface area contributed by atoms with Crippen molar-refractivity contribution in [3.63, 3.8) is 0 Å². The molecule has 1 fully saturated rings. The molecule has 2 aromatic carbocycles. The van der Waals surface area contributed by atoms with Crippen molar-refractivity contribution in [1.82, 2.24) is 25.0 Å². The predicted molar refractivity (Wildman–Crippen MR) is 130 cm³/mol. The van der Waals surface area contributed by atoms with E-state index in [1.54, 1.807) is 4.57 Å². The number of aromatic nitrogens is 3. The molecule has 1 aliphatic heterocycles. The summed E-state index contributed by atoms with van der Waals surface area (Å²) >= 11 is 5.38. The number of amides is 1. The van der Waals surface area contributed by atoms with Gasteiger partial charge in [0.15, 0.2) is 10.6 Å². The van der Waals surface area contributed by atoms with E-state index in [-0.39, 0.29) is 12.5 Å². The molecule has 0 radical (unpaired) electrons. The number of aryl methyl sites for hydroxylation is 1. The van der Waals surface area contributed by atoms with Gasteiger partial charge in [0.05, 0.1) is 0 Å². The topological polar surface area (TPSA) is 66.0 Å². The lowest BCUT2D eigenvalue weighted by Crippen LogP contribution is -2.37. The van der Waals surface area contributed by atoms with E-state index in [0.29, 0.717) is 23.2 Å². The van der Waals surface area contributed by atoms with Crippen LogP contribution >= 0.6 is 12.2 Å². The zero-order valence-corrected chi connectivity index (χ0v) is 19.6. The fraction of sp³-hybridized carbons (Fsp3) is 0.400. The number of benzene rings is 2. The Labute approximate surface area is 194 Å². The molecule has 6 nitrogen and oxygen atoms in total. The Morgan fingerprint density at radius 2 is 2.00 bits per heavy atom. The van der Waals surface area contributed by atoms with E-state index in [2.05, 4.69) is 45.5 Å². The molecular weight excluding hydrogens is 418 g/mol. The third kappa shape index (κ3) is 5.34. The lowest BCUT2D eigenvalue weighted by Gasteiger charge is -2.33. The summed E-state index contributed by atoms with van der Waals surface area (Å²) in [5.41, 5.74) is 4.51. The van der Waals surface area contributed by atoms with Gasteiger partial charge in [-0.25, -0.2) is 0 Å². The van der Waals surface area contributed by atoms with E-state index in [9.17, 15) is 4.79 Å². The van der Waals surface area contributed by atoms with Gasteiger partial charge in [0.25, 0.3) is 0 Å². The minimum Gasteiger partial charge on any atom is -0.350 e. The molecule has 1 aliphatic rings. The van der Waals surface area contributed by atoms with Crippen LogP contribution in [0.1, 0.15) is 42.9 Å². The number of nitrogens with zero attached hydrogens (tertiary/aromatic N) is 3. The van der Waals surface area contributed by atoms with Crippen molar-refractivity contribution in [1.29, 1.82) is 0 Å². The molecule has 1 saturated heterocycles. The third-order valence-corrected chi connectivity index (χ3v) is 6.56. The van der Waals surface area contributed by atoms with Crippen molar-refractivity contribution in [3.8, 4) is 11.4 Å². The molecule has 0 saturated carbocycles. The third-order valence-electron chi connectivity index (χ3n) is 6.24. The molecule has 1 aromatic heterocycles. The molecule has 7 heteroatoms. The van der Waals surface area contributed by atoms with Crippen LogP contribution in [-0.2, 0) is 24.4 Å². The molecule has 32 heavy (non-hydrogen) atoms. The van der Waals surface area contributed by atoms with Crippen LogP contribution in [0.5, 0.6) is 0 Å².